The summed E-state index contributed by atoms with van der Waals surface area (Å²) in [7, 11) is 0. The number of carbonyl (C=O) groups is 2. The van der Waals surface area contributed by atoms with Gasteiger partial charge in [0.1, 0.15) is 0 Å². The van der Waals surface area contributed by atoms with Gasteiger partial charge in [-0.25, -0.2) is 0 Å². The highest BCUT2D eigenvalue weighted by Gasteiger charge is 2.26. The van der Waals surface area contributed by atoms with E-state index in [1.165, 1.54) is 0 Å². The van der Waals surface area contributed by atoms with E-state index >= 15 is 0 Å². The van der Waals surface area contributed by atoms with Gasteiger partial charge in [0.2, 0.25) is 0 Å². The van der Waals surface area contributed by atoms with Crippen LogP contribution in [0.4, 0.5) is 0 Å². The molecule has 0 saturated carbocycles. The summed E-state index contributed by atoms with van der Waals surface area (Å²) in [6.07, 6.45) is 0.296. The van der Waals surface area contributed by atoms with Gasteiger partial charge in [-0.05, 0) is 0 Å². The molecule has 2 heterocycles. The van der Waals surface area contributed by atoms with Crippen molar-refractivity contribution in [3.8, 4) is 0 Å². The lowest BCUT2D eigenvalue weighted by molar-refractivity contribution is -0.171. The molecule has 0 unspecified atom stereocenters. The maximum absolute atomic E-state index is 10.2. The van der Waals surface area contributed by atoms with E-state index < -0.39 is 11.8 Å². The fourth-order valence-electron chi connectivity index (χ4n) is 1.00. The summed E-state index contributed by atoms with van der Waals surface area (Å²) in [5.74, 6) is -1.01. The van der Waals surface area contributed by atoms with E-state index in [2.05, 4.69) is 0 Å². The van der Waals surface area contributed by atoms with E-state index in [1.54, 1.807) is 0 Å². The first-order chi connectivity index (χ1) is 6.72. The number of ether oxygens (including phenoxy) is 2. The van der Waals surface area contributed by atoms with Gasteiger partial charge in [-0.1, -0.05) is 0 Å². The number of nitrogens with zero attached hydrogens (tertiary/aromatic N) is 1. The van der Waals surface area contributed by atoms with Gasteiger partial charge in [0, 0.05) is 12.8 Å². The van der Waals surface area contributed by atoms with E-state index in [-0.39, 0.29) is 17.9 Å². The zero-order chi connectivity index (χ0) is 10.4. The van der Waals surface area contributed by atoms with Crippen LogP contribution in [-0.4, -0.2) is 48.5 Å². The Hall–Kier alpha value is -0.980. The van der Waals surface area contributed by atoms with Gasteiger partial charge >= 0.3 is 0 Å². The SMILES string of the molecule is C1COCCO1.O=C1CCC(=O)N1O. The number of hydrogen-bond acceptors (Lipinski definition) is 5. The van der Waals surface area contributed by atoms with Crippen LogP contribution in [0.2, 0.25) is 0 Å². The fourth-order valence-corrected chi connectivity index (χ4v) is 1.00. The van der Waals surface area contributed by atoms with Crippen molar-refractivity contribution in [3.63, 3.8) is 0 Å². The van der Waals surface area contributed by atoms with Crippen LogP contribution < -0.4 is 0 Å². The molecular formula is C8H13NO5. The lowest BCUT2D eigenvalue weighted by Gasteiger charge is -2.09. The van der Waals surface area contributed by atoms with Crippen LogP contribution in [0.5, 0.6) is 0 Å². The maximum atomic E-state index is 10.2. The minimum absolute atomic E-state index is 0.148. The van der Waals surface area contributed by atoms with Gasteiger partial charge in [-0.3, -0.25) is 14.8 Å². The van der Waals surface area contributed by atoms with Crippen LogP contribution >= 0.6 is 0 Å². The molecule has 0 aliphatic carbocycles. The molecular weight excluding hydrogens is 190 g/mol. The Labute approximate surface area is 81.3 Å². The largest absolute Gasteiger partial charge is 0.377 e. The van der Waals surface area contributed by atoms with Crippen molar-refractivity contribution in [3.05, 3.63) is 0 Å². The van der Waals surface area contributed by atoms with Gasteiger partial charge in [-0.15, -0.1) is 0 Å². The summed E-state index contributed by atoms with van der Waals surface area (Å²) in [5, 5.41) is 8.57. The molecule has 2 amide bonds. The average Bonchev–Trinajstić information content (AvgIpc) is 2.53. The Bertz CT molecular complexity index is 186. The smallest absolute Gasteiger partial charge is 0.253 e. The predicted octanol–water partition coefficient (Wildman–Crippen LogP) is -0.442. The van der Waals surface area contributed by atoms with Crippen LogP contribution in [0.3, 0.4) is 0 Å². The molecule has 2 fully saturated rings. The second-order valence-electron chi connectivity index (χ2n) is 2.82. The molecule has 6 nitrogen and oxygen atoms in total. The topological polar surface area (TPSA) is 76.1 Å². The van der Waals surface area contributed by atoms with Crippen LogP contribution in [0, 0.1) is 0 Å². The van der Waals surface area contributed by atoms with Crippen LogP contribution in [0.1, 0.15) is 12.8 Å². The molecule has 0 aromatic rings. The van der Waals surface area contributed by atoms with E-state index in [1.807, 2.05) is 0 Å². The van der Waals surface area contributed by atoms with Crippen molar-refractivity contribution in [2.45, 2.75) is 12.8 Å². The molecule has 0 radical (unpaired) electrons. The minimum Gasteiger partial charge on any atom is -0.377 e. The third kappa shape index (κ3) is 3.41. The van der Waals surface area contributed by atoms with Crippen LogP contribution in [0.25, 0.3) is 0 Å². The van der Waals surface area contributed by atoms with Crippen molar-refractivity contribution in [1.82, 2.24) is 5.06 Å². The summed E-state index contributed by atoms with van der Waals surface area (Å²) in [6, 6.07) is 0. The molecule has 0 bridgehead atoms. The standard InChI is InChI=1S/C4H5NO3.C4H8O2/c6-3-1-2-4(7)5(3)8;1-2-6-4-3-5-1/h8H,1-2H2;1-4H2. The quantitative estimate of drug-likeness (QED) is 0.426. The lowest BCUT2D eigenvalue weighted by Crippen LogP contribution is -2.24. The number of hydroxylamine groups is 2. The van der Waals surface area contributed by atoms with E-state index in [0.29, 0.717) is 0 Å². The Kier molecular flexibility index (Phi) is 4.51. The normalized spacial score (nSPS) is 21.9. The number of carbonyl (C=O) groups excluding carboxylic acids is 2. The average molecular weight is 203 g/mol. The third-order valence-electron chi connectivity index (χ3n) is 1.77. The Morgan fingerprint density at radius 1 is 0.929 bits per heavy atom. The minimum atomic E-state index is -0.505. The van der Waals surface area contributed by atoms with Gasteiger partial charge < -0.3 is 9.47 Å². The van der Waals surface area contributed by atoms with Gasteiger partial charge in [0.05, 0.1) is 26.4 Å². The first-order valence-corrected chi connectivity index (χ1v) is 4.42. The Balaban J connectivity index is 0.000000146. The molecule has 2 aliphatic heterocycles. The number of hydrogen-bond donors (Lipinski definition) is 1. The summed E-state index contributed by atoms with van der Waals surface area (Å²) < 4.78 is 9.89. The molecule has 80 valence electrons. The van der Waals surface area contributed by atoms with Crippen LogP contribution in [-0.2, 0) is 19.1 Å². The van der Waals surface area contributed by atoms with Gasteiger partial charge in [-0.2, -0.15) is 5.06 Å². The first-order valence-electron chi connectivity index (χ1n) is 4.42. The molecule has 6 heteroatoms. The van der Waals surface area contributed by atoms with Crippen molar-refractivity contribution in [2.24, 2.45) is 0 Å². The molecule has 2 aliphatic rings. The number of imide groups is 1. The predicted molar refractivity (Wildman–Crippen MR) is 44.5 cm³/mol. The van der Waals surface area contributed by atoms with Crippen molar-refractivity contribution < 1.29 is 24.3 Å². The zero-order valence-corrected chi connectivity index (χ0v) is 7.77. The van der Waals surface area contributed by atoms with Gasteiger partial charge in [0.25, 0.3) is 11.8 Å². The third-order valence-corrected chi connectivity index (χ3v) is 1.77. The molecule has 1 N–H and O–H groups in total. The van der Waals surface area contributed by atoms with E-state index in [4.69, 9.17) is 14.7 Å². The first kappa shape index (κ1) is 11.1. The van der Waals surface area contributed by atoms with Crippen molar-refractivity contribution in [1.29, 1.82) is 0 Å². The van der Waals surface area contributed by atoms with E-state index in [0.717, 1.165) is 26.4 Å². The highest BCUT2D eigenvalue weighted by Crippen LogP contribution is 2.06. The molecule has 0 atom stereocenters. The summed E-state index contributed by atoms with van der Waals surface area (Å²) >= 11 is 0. The molecule has 2 saturated heterocycles. The van der Waals surface area contributed by atoms with Crippen molar-refractivity contribution >= 4 is 11.8 Å². The molecule has 2 rings (SSSR count). The second kappa shape index (κ2) is 5.69. The number of rotatable bonds is 0. The van der Waals surface area contributed by atoms with Crippen molar-refractivity contribution in [2.75, 3.05) is 26.4 Å². The molecule has 0 aromatic heterocycles. The summed E-state index contributed by atoms with van der Waals surface area (Å²) in [6.45, 7) is 3.11. The number of amides is 2. The lowest BCUT2D eigenvalue weighted by atomic mass is 10.4. The van der Waals surface area contributed by atoms with Gasteiger partial charge in [0.15, 0.2) is 0 Å². The summed E-state index contributed by atoms with van der Waals surface area (Å²) in [5.41, 5.74) is 0. The van der Waals surface area contributed by atoms with Crippen LogP contribution in [0.15, 0.2) is 0 Å². The Morgan fingerprint density at radius 2 is 1.29 bits per heavy atom. The maximum Gasteiger partial charge on any atom is 0.253 e. The van der Waals surface area contributed by atoms with E-state index in [9.17, 15) is 9.59 Å². The highest BCUT2D eigenvalue weighted by atomic mass is 16.6. The fraction of sp³-hybridized carbons (Fsp3) is 0.750. The highest BCUT2D eigenvalue weighted by molar-refractivity contribution is 6.00. The zero-order valence-electron chi connectivity index (χ0n) is 7.77. The second-order valence-corrected chi connectivity index (χ2v) is 2.82. The molecule has 14 heavy (non-hydrogen) atoms. The summed E-state index contributed by atoms with van der Waals surface area (Å²) in [4.78, 5) is 20.5. The monoisotopic (exact) mass is 203 g/mol. The molecule has 0 spiro atoms. The Morgan fingerprint density at radius 3 is 1.43 bits per heavy atom. The molecule has 0 aromatic carbocycles.